The molecule has 4 rings (SSSR count). The molecule has 3 N–H and O–H groups in total. The number of aromatic nitrogens is 2. The number of hydrogen-bond donors (Lipinski definition) is 3. The number of hydrogen-bond acceptors (Lipinski definition) is 7. The van der Waals surface area contributed by atoms with E-state index in [0.717, 1.165) is 25.5 Å². The Labute approximate surface area is 196 Å². The van der Waals surface area contributed by atoms with E-state index in [0.29, 0.717) is 12.0 Å². The highest BCUT2D eigenvalue weighted by Gasteiger charge is 2.44. The van der Waals surface area contributed by atoms with Gasteiger partial charge >= 0.3 is 24.3 Å². The minimum atomic E-state index is -5.08. The summed E-state index contributed by atoms with van der Waals surface area (Å²) in [5, 5.41) is 17.7. The van der Waals surface area contributed by atoms with Crippen molar-refractivity contribution < 1.29 is 50.9 Å². The fourth-order valence-corrected chi connectivity index (χ4v) is 3.79. The number of ether oxygens (including phenoxy) is 1. The average Bonchev–Trinajstić information content (AvgIpc) is 3.49. The predicted molar refractivity (Wildman–Crippen MR) is 109 cm³/mol. The van der Waals surface area contributed by atoms with Crippen LogP contribution in [0.5, 0.6) is 0 Å². The number of piperidine rings is 1. The third-order valence-corrected chi connectivity index (χ3v) is 5.42. The van der Waals surface area contributed by atoms with Crippen molar-refractivity contribution in [2.45, 2.75) is 56.1 Å². The molecule has 1 aromatic heterocycles. The molecule has 0 radical (unpaired) electrons. The number of carbonyl (C=O) groups is 2. The van der Waals surface area contributed by atoms with Gasteiger partial charge < -0.3 is 25.2 Å². The first-order chi connectivity index (χ1) is 16.2. The molecular weight excluding hydrogens is 490 g/mol. The topological polar surface area (TPSA) is 125 Å². The third kappa shape index (κ3) is 10.2. The molecule has 2 saturated heterocycles. The van der Waals surface area contributed by atoms with E-state index in [1.165, 1.54) is 38.8 Å². The van der Waals surface area contributed by atoms with Gasteiger partial charge in [0.25, 0.3) is 0 Å². The second-order valence-corrected chi connectivity index (χ2v) is 8.50. The second-order valence-electron chi connectivity index (χ2n) is 8.50. The van der Waals surface area contributed by atoms with Crippen molar-refractivity contribution in [1.29, 1.82) is 0 Å². The molecular formula is C20H26F6N4O5. The van der Waals surface area contributed by atoms with E-state index < -0.39 is 24.3 Å². The standard InChI is InChI=1S/C16H24N4O.2C2HF3O2/c1-5-16(12-20(8-1)10-13-3-4-13)9-14(11-21-16)19-15-17-6-2-7-18-15;2*3-2(4,5)1(6)7/h2,6-7,13-14H,1,3-5,8-12H2,(H,17,18,19);2*(H,6,7). The first-order valence-electron chi connectivity index (χ1n) is 10.7. The molecule has 3 fully saturated rings. The van der Waals surface area contributed by atoms with Crippen molar-refractivity contribution in [2.24, 2.45) is 5.92 Å². The van der Waals surface area contributed by atoms with Gasteiger partial charge in [-0.1, -0.05) is 0 Å². The summed E-state index contributed by atoms with van der Waals surface area (Å²) in [6.45, 7) is 4.42. The number of anilines is 1. The van der Waals surface area contributed by atoms with E-state index >= 15 is 0 Å². The van der Waals surface area contributed by atoms with Gasteiger partial charge in [0.15, 0.2) is 0 Å². The summed E-state index contributed by atoms with van der Waals surface area (Å²) in [7, 11) is 0. The molecule has 15 heteroatoms. The fraction of sp³-hybridized carbons (Fsp3) is 0.700. The van der Waals surface area contributed by atoms with Gasteiger partial charge in [-0.3, -0.25) is 0 Å². The molecule has 1 saturated carbocycles. The summed E-state index contributed by atoms with van der Waals surface area (Å²) in [6.07, 6.45) is -0.215. The van der Waals surface area contributed by atoms with Gasteiger partial charge in [0.1, 0.15) is 0 Å². The maximum Gasteiger partial charge on any atom is 0.490 e. The smallest absolute Gasteiger partial charge is 0.475 e. The highest BCUT2D eigenvalue weighted by molar-refractivity contribution is 5.73. The number of aliphatic carboxylic acids is 2. The monoisotopic (exact) mass is 516 g/mol. The second kappa shape index (κ2) is 11.8. The minimum absolute atomic E-state index is 0.0690. The lowest BCUT2D eigenvalue weighted by Gasteiger charge is -2.39. The van der Waals surface area contributed by atoms with Crippen LogP contribution in [0.4, 0.5) is 32.3 Å². The molecule has 1 aliphatic carbocycles. The summed E-state index contributed by atoms with van der Waals surface area (Å²) in [4.78, 5) is 28.9. The lowest BCUT2D eigenvalue weighted by Crippen LogP contribution is -2.48. The summed E-state index contributed by atoms with van der Waals surface area (Å²) in [6, 6.07) is 2.18. The summed E-state index contributed by atoms with van der Waals surface area (Å²) < 4.78 is 69.7. The van der Waals surface area contributed by atoms with Gasteiger partial charge in [-0.15, -0.1) is 0 Å². The lowest BCUT2D eigenvalue weighted by atomic mass is 9.88. The van der Waals surface area contributed by atoms with Gasteiger partial charge in [-0.2, -0.15) is 26.3 Å². The van der Waals surface area contributed by atoms with Crippen LogP contribution in [0.2, 0.25) is 0 Å². The Balaban J connectivity index is 0.000000257. The average molecular weight is 516 g/mol. The molecule has 1 aromatic rings. The van der Waals surface area contributed by atoms with Crippen LogP contribution >= 0.6 is 0 Å². The van der Waals surface area contributed by atoms with Crippen molar-refractivity contribution in [3.8, 4) is 0 Å². The number of halogens is 6. The number of nitrogens with zero attached hydrogens (tertiary/aromatic N) is 3. The Bertz CT molecular complexity index is 814. The maximum absolute atomic E-state index is 10.6. The predicted octanol–water partition coefficient (Wildman–Crippen LogP) is 3.19. The van der Waals surface area contributed by atoms with Crippen molar-refractivity contribution in [3.05, 3.63) is 18.5 Å². The molecule has 2 unspecified atom stereocenters. The first kappa shape index (κ1) is 28.6. The normalized spacial score (nSPS) is 24.6. The SMILES string of the molecule is O=C(O)C(F)(F)F.O=C(O)C(F)(F)F.c1cnc(NC2COC3(CCCN(CC4CC4)C3)C2)nc1. The highest BCUT2D eigenvalue weighted by Crippen LogP contribution is 2.37. The van der Waals surface area contributed by atoms with Crippen molar-refractivity contribution in [3.63, 3.8) is 0 Å². The quantitative estimate of drug-likeness (QED) is 0.518. The van der Waals surface area contributed by atoms with Gasteiger partial charge in [0.05, 0.1) is 18.2 Å². The Kier molecular flexibility index (Phi) is 9.66. The van der Waals surface area contributed by atoms with Crippen LogP contribution in [-0.2, 0) is 14.3 Å². The van der Waals surface area contributed by atoms with E-state index in [1.54, 1.807) is 12.4 Å². The van der Waals surface area contributed by atoms with E-state index in [9.17, 15) is 26.3 Å². The van der Waals surface area contributed by atoms with Crippen LogP contribution < -0.4 is 5.32 Å². The van der Waals surface area contributed by atoms with Crippen LogP contribution in [0.3, 0.4) is 0 Å². The molecule has 35 heavy (non-hydrogen) atoms. The Morgan fingerprint density at radius 3 is 2.11 bits per heavy atom. The third-order valence-electron chi connectivity index (χ3n) is 5.42. The zero-order valence-corrected chi connectivity index (χ0v) is 18.5. The van der Waals surface area contributed by atoms with Crippen molar-refractivity contribution >= 4 is 17.9 Å². The van der Waals surface area contributed by atoms with Crippen LogP contribution in [0.1, 0.15) is 32.1 Å². The molecule has 0 amide bonds. The molecule has 198 valence electrons. The molecule has 3 aliphatic rings. The van der Waals surface area contributed by atoms with Gasteiger partial charge in [-0.05, 0) is 44.2 Å². The van der Waals surface area contributed by atoms with E-state index in [2.05, 4.69) is 20.2 Å². The zero-order valence-electron chi connectivity index (χ0n) is 18.5. The van der Waals surface area contributed by atoms with Crippen LogP contribution in [-0.4, -0.2) is 87.3 Å². The zero-order chi connectivity index (χ0) is 26.3. The lowest BCUT2D eigenvalue weighted by molar-refractivity contribution is -0.193. The maximum atomic E-state index is 10.6. The Morgan fingerprint density at radius 2 is 1.63 bits per heavy atom. The number of carboxylic acids is 2. The van der Waals surface area contributed by atoms with Gasteiger partial charge in [0.2, 0.25) is 5.95 Å². The molecule has 2 atom stereocenters. The van der Waals surface area contributed by atoms with Crippen molar-refractivity contribution in [1.82, 2.24) is 14.9 Å². The van der Waals surface area contributed by atoms with E-state index in [4.69, 9.17) is 24.5 Å². The number of carboxylic acid groups (broad SMARTS) is 2. The Morgan fingerprint density at radius 1 is 1.09 bits per heavy atom. The highest BCUT2D eigenvalue weighted by atomic mass is 19.4. The van der Waals surface area contributed by atoms with Crippen molar-refractivity contribution in [2.75, 3.05) is 31.6 Å². The largest absolute Gasteiger partial charge is 0.490 e. The Hall–Kier alpha value is -2.68. The molecule has 9 nitrogen and oxygen atoms in total. The number of alkyl halides is 6. The molecule has 2 aliphatic heterocycles. The van der Waals surface area contributed by atoms with Crippen LogP contribution in [0, 0.1) is 5.92 Å². The number of likely N-dealkylation sites (tertiary alicyclic amines) is 1. The molecule has 0 bridgehead atoms. The fourth-order valence-electron chi connectivity index (χ4n) is 3.79. The van der Waals surface area contributed by atoms with E-state index in [-0.39, 0.29) is 5.60 Å². The summed E-state index contributed by atoms with van der Waals surface area (Å²) in [5.41, 5.74) is 0.0690. The molecule has 1 spiro atoms. The van der Waals surface area contributed by atoms with Crippen LogP contribution in [0.15, 0.2) is 18.5 Å². The molecule has 0 aromatic carbocycles. The minimum Gasteiger partial charge on any atom is -0.475 e. The van der Waals surface area contributed by atoms with Gasteiger partial charge in [-0.25, -0.2) is 19.6 Å². The summed E-state index contributed by atoms with van der Waals surface area (Å²) >= 11 is 0. The molecule has 3 heterocycles. The van der Waals surface area contributed by atoms with Gasteiger partial charge in [0, 0.05) is 31.9 Å². The van der Waals surface area contributed by atoms with Crippen LogP contribution in [0.25, 0.3) is 0 Å². The number of nitrogens with one attached hydrogen (secondary N) is 1. The number of rotatable bonds is 4. The first-order valence-corrected chi connectivity index (χ1v) is 10.7. The summed E-state index contributed by atoms with van der Waals surface area (Å²) in [5.74, 6) is -3.83. The van der Waals surface area contributed by atoms with E-state index in [1.807, 2.05) is 6.07 Å².